The SMILES string of the molecule is N#Cc1c(C(=O)NC(F)C(F)F)c(-c2ccc(NC(=O)Nc3cc(C(F)(F)F)ccc3F)cc2)c2c(N)ncnn12. The van der Waals surface area contributed by atoms with Gasteiger partial charge in [0, 0.05) is 11.3 Å². The van der Waals surface area contributed by atoms with Crippen LogP contribution < -0.4 is 21.7 Å². The second-order valence-electron chi connectivity index (χ2n) is 8.17. The monoisotopic (exact) mass is 580 g/mol. The Labute approximate surface area is 224 Å². The summed E-state index contributed by atoms with van der Waals surface area (Å²) in [6.07, 6.45) is -10.4. The minimum atomic E-state index is -4.78. The molecular weight excluding hydrogens is 565 g/mol. The molecule has 0 aliphatic rings. The Bertz CT molecular complexity index is 1680. The Morgan fingerprint density at radius 3 is 2.34 bits per heavy atom. The molecule has 0 spiro atoms. The van der Waals surface area contributed by atoms with Crippen LogP contribution in [0.3, 0.4) is 0 Å². The molecule has 2 heterocycles. The van der Waals surface area contributed by atoms with Crippen molar-refractivity contribution in [2.24, 2.45) is 0 Å². The average molecular weight is 580 g/mol. The summed E-state index contributed by atoms with van der Waals surface area (Å²) < 4.78 is 92.8. The van der Waals surface area contributed by atoms with E-state index >= 15 is 0 Å². The molecule has 3 amide bonds. The number of nitrogens with one attached hydrogen (secondary N) is 3. The van der Waals surface area contributed by atoms with Gasteiger partial charge < -0.3 is 21.7 Å². The Morgan fingerprint density at radius 2 is 1.73 bits per heavy atom. The van der Waals surface area contributed by atoms with Crippen LogP contribution in [0, 0.1) is 17.1 Å². The van der Waals surface area contributed by atoms with Crippen LogP contribution in [0.4, 0.5) is 52.7 Å². The van der Waals surface area contributed by atoms with Crippen LogP contribution in [0.2, 0.25) is 0 Å². The standard InChI is InChI=1S/C24H15F7N8O2/c25-13-6-3-11(24(29,30)31)7-14(13)37-23(41)36-12-4-1-10(2-5-12)16-17(22(40)38-20(28)19(26)27)15(8-32)39-18(16)21(33)34-9-35-39/h1-7,9,19-20H,(H,38,40)(H2,33,34,35)(H2,36,37,41). The van der Waals surface area contributed by atoms with Crippen molar-refractivity contribution in [3.63, 3.8) is 0 Å². The highest BCUT2D eigenvalue weighted by atomic mass is 19.4. The van der Waals surface area contributed by atoms with E-state index < -0.39 is 59.2 Å². The van der Waals surface area contributed by atoms with Gasteiger partial charge in [0.15, 0.2) is 11.5 Å². The highest BCUT2D eigenvalue weighted by Gasteiger charge is 2.32. The number of alkyl halides is 6. The molecule has 0 bridgehead atoms. The lowest BCUT2D eigenvalue weighted by Gasteiger charge is -2.13. The van der Waals surface area contributed by atoms with Crippen LogP contribution in [0.1, 0.15) is 21.6 Å². The van der Waals surface area contributed by atoms with E-state index in [1.807, 2.05) is 5.32 Å². The molecule has 17 heteroatoms. The molecule has 4 aromatic rings. The lowest BCUT2D eigenvalue weighted by molar-refractivity contribution is -0.137. The van der Waals surface area contributed by atoms with Crippen molar-refractivity contribution < 1.29 is 40.3 Å². The molecule has 0 aliphatic carbocycles. The lowest BCUT2D eigenvalue weighted by Crippen LogP contribution is -2.37. The number of nitrogens with two attached hydrogens (primary N) is 1. The first kappa shape index (κ1) is 28.6. The number of hydrogen-bond acceptors (Lipinski definition) is 6. The van der Waals surface area contributed by atoms with Gasteiger partial charge in [-0.3, -0.25) is 4.79 Å². The zero-order valence-electron chi connectivity index (χ0n) is 20.1. The van der Waals surface area contributed by atoms with Crippen molar-refractivity contribution in [1.82, 2.24) is 19.9 Å². The third kappa shape index (κ3) is 5.80. The quantitative estimate of drug-likeness (QED) is 0.187. The number of nitriles is 1. The van der Waals surface area contributed by atoms with E-state index in [0.717, 1.165) is 10.8 Å². The predicted octanol–water partition coefficient (Wildman–Crippen LogP) is 4.94. The number of carbonyl (C=O) groups excluding carboxylic acids is 2. The molecule has 0 saturated carbocycles. The van der Waals surface area contributed by atoms with E-state index in [1.165, 1.54) is 29.6 Å². The van der Waals surface area contributed by atoms with Gasteiger partial charge in [0.25, 0.3) is 12.3 Å². The number of amides is 3. The van der Waals surface area contributed by atoms with Crippen LogP contribution in [0.5, 0.6) is 0 Å². The van der Waals surface area contributed by atoms with Gasteiger partial charge in [0.05, 0.1) is 16.8 Å². The van der Waals surface area contributed by atoms with Crippen molar-refractivity contribution in [1.29, 1.82) is 5.26 Å². The summed E-state index contributed by atoms with van der Waals surface area (Å²) in [6.45, 7) is 0. The molecule has 0 fully saturated rings. The number of nitrogen functional groups attached to an aromatic ring is 1. The largest absolute Gasteiger partial charge is 0.416 e. The van der Waals surface area contributed by atoms with Gasteiger partial charge in [0.2, 0.25) is 6.30 Å². The molecule has 2 aromatic heterocycles. The maximum atomic E-state index is 14.0. The van der Waals surface area contributed by atoms with Crippen LogP contribution >= 0.6 is 0 Å². The Kier molecular flexibility index (Phi) is 7.67. The van der Waals surface area contributed by atoms with E-state index in [1.54, 1.807) is 6.07 Å². The molecule has 2 aromatic carbocycles. The summed E-state index contributed by atoms with van der Waals surface area (Å²) in [7, 11) is 0. The Hall–Kier alpha value is -5.40. The van der Waals surface area contributed by atoms with Gasteiger partial charge in [-0.2, -0.15) is 23.5 Å². The smallest absolute Gasteiger partial charge is 0.382 e. The minimum absolute atomic E-state index is 0.0411. The number of hydrogen-bond donors (Lipinski definition) is 4. The second kappa shape index (κ2) is 11.0. The number of rotatable bonds is 6. The Balaban J connectivity index is 1.67. The average Bonchev–Trinajstić information content (AvgIpc) is 3.25. The number of fused-ring (bicyclic) bond motifs is 1. The zero-order chi connectivity index (χ0) is 30.1. The predicted molar refractivity (Wildman–Crippen MR) is 130 cm³/mol. The molecule has 1 atom stereocenters. The highest BCUT2D eigenvalue weighted by molar-refractivity contribution is 6.09. The summed E-state index contributed by atoms with van der Waals surface area (Å²) >= 11 is 0. The third-order valence-corrected chi connectivity index (χ3v) is 5.55. The first-order chi connectivity index (χ1) is 19.3. The summed E-state index contributed by atoms with van der Waals surface area (Å²) in [6, 6.07) is 7.16. The van der Waals surface area contributed by atoms with Crippen LogP contribution in [-0.2, 0) is 6.18 Å². The fourth-order valence-electron chi connectivity index (χ4n) is 3.78. The van der Waals surface area contributed by atoms with E-state index in [2.05, 4.69) is 15.4 Å². The molecule has 0 radical (unpaired) electrons. The van der Waals surface area contributed by atoms with Gasteiger partial charge in [-0.1, -0.05) is 12.1 Å². The molecule has 0 saturated heterocycles. The fourth-order valence-corrected chi connectivity index (χ4v) is 3.78. The molecule has 1 unspecified atom stereocenters. The van der Waals surface area contributed by atoms with Gasteiger partial charge >= 0.3 is 12.2 Å². The molecule has 212 valence electrons. The number of halogens is 7. The highest BCUT2D eigenvalue weighted by Crippen LogP contribution is 2.36. The third-order valence-electron chi connectivity index (χ3n) is 5.55. The molecular formula is C24H15F7N8O2. The van der Waals surface area contributed by atoms with E-state index in [9.17, 15) is 45.6 Å². The van der Waals surface area contributed by atoms with Crippen molar-refractivity contribution in [2.75, 3.05) is 16.4 Å². The fraction of sp³-hybridized carbons (Fsp3) is 0.125. The topological polar surface area (TPSA) is 150 Å². The number of anilines is 3. The first-order valence-electron chi connectivity index (χ1n) is 11.1. The second-order valence-corrected chi connectivity index (χ2v) is 8.17. The van der Waals surface area contributed by atoms with Crippen LogP contribution in [0.25, 0.3) is 16.6 Å². The van der Waals surface area contributed by atoms with Gasteiger partial charge in [-0.05, 0) is 35.9 Å². The van der Waals surface area contributed by atoms with Crippen LogP contribution in [0.15, 0.2) is 48.8 Å². The van der Waals surface area contributed by atoms with E-state index in [-0.39, 0.29) is 28.1 Å². The molecule has 5 N–H and O–H groups in total. The van der Waals surface area contributed by atoms with E-state index in [4.69, 9.17) is 5.73 Å². The van der Waals surface area contributed by atoms with Crippen molar-refractivity contribution >= 4 is 34.6 Å². The van der Waals surface area contributed by atoms with Gasteiger partial charge in [-0.25, -0.2) is 31.9 Å². The minimum Gasteiger partial charge on any atom is -0.382 e. The van der Waals surface area contributed by atoms with Gasteiger partial charge in [0.1, 0.15) is 23.7 Å². The van der Waals surface area contributed by atoms with Crippen LogP contribution in [-0.4, -0.2) is 39.3 Å². The summed E-state index contributed by atoms with van der Waals surface area (Å²) in [5.74, 6) is -2.72. The first-order valence-corrected chi connectivity index (χ1v) is 11.1. The number of aromatic nitrogens is 3. The van der Waals surface area contributed by atoms with Crippen molar-refractivity contribution in [3.8, 4) is 17.2 Å². The number of carbonyl (C=O) groups is 2. The Morgan fingerprint density at radius 1 is 1.05 bits per heavy atom. The normalized spacial score (nSPS) is 12.2. The summed E-state index contributed by atoms with van der Waals surface area (Å²) in [4.78, 5) is 28.9. The van der Waals surface area contributed by atoms with Crippen molar-refractivity contribution in [2.45, 2.75) is 18.9 Å². The zero-order valence-corrected chi connectivity index (χ0v) is 20.1. The lowest BCUT2D eigenvalue weighted by atomic mass is 10.00. The molecule has 10 nitrogen and oxygen atoms in total. The summed E-state index contributed by atoms with van der Waals surface area (Å²) in [5, 5.41) is 19.2. The van der Waals surface area contributed by atoms with Crippen molar-refractivity contribution in [3.05, 3.63) is 71.4 Å². The maximum Gasteiger partial charge on any atom is 0.416 e. The summed E-state index contributed by atoms with van der Waals surface area (Å²) in [5.41, 5.74) is 2.95. The number of urea groups is 1. The van der Waals surface area contributed by atoms with Gasteiger partial charge in [-0.15, -0.1) is 0 Å². The molecule has 41 heavy (non-hydrogen) atoms. The molecule has 4 rings (SSSR count). The maximum absolute atomic E-state index is 14.0. The van der Waals surface area contributed by atoms with E-state index in [0.29, 0.717) is 18.2 Å². The number of benzene rings is 2. The molecule has 0 aliphatic heterocycles. The number of nitrogens with zero attached hydrogens (tertiary/aromatic N) is 4.